The van der Waals surface area contributed by atoms with E-state index in [0.717, 1.165) is 10.4 Å². The molecule has 4 rings (SSSR count). The van der Waals surface area contributed by atoms with E-state index in [-0.39, 0.29) is 29.9 Å². The summed E-state index contributed by atoms with van der Waals surface area (Å²) in [5.74, 6) is -0.835. The van der Waals surface area contributed by atoms with Crippen LogP contribution in [-0.2, 0) is 21.0 Å². The van der Waals surface area contributed by atoms with Crippen LogP contribution in [0.1, 0.15) is 24.0 Å². The van der Waals surface area contributed by atoms with Crippen molar-refractivity contribution in [3.63, 3.8) is 0 Å². The summed E-state index contributed by atoms with van der Waals surface area (Å²) >= 11 is 0. The molecule has 0 spiro atoms. The second-order valence-electron chi connectivity index (χ2n) is 6.82. The van der Waals surface area contributed by atoms with Gasteiger partial charge in [-0.2, -0.15) is 18.4 Å². The summed E-state index contributed by atoms with van der Waals surface area (Å²) in [6.07, 6.45) is -3.84. The lowest BCUT2D eigenvalue weighted by molar-refractivity contribution is -0.137. The second-order valence-corrected chi connectivity index (χ2v) is 8.83. The van der Waals surface area contributed by atoms with Crippen molar-refractivity contribution in [2.24, 2.45) is 17.8 Å². The molecule has 1 aliphatic heterocycles. The Labute approximate surface area is 142 Å². The summed E-state index contributed by atoms with van der Waals surface area (Å²) in [5.41, 5.74) is -1.81. The summed E-state index contributed by atoms with van der Waals surface area (Å²) in [7, 11) is -3.90. The Balaban J connectivity index is 1.77. The zero-order valence-electron chi connectivity index (χ0n) is 12.8. The van der Waals surface area contributed by atoms with Crippen LogP contribution in [0.3, 0.4) is 0 Å². The highest BCUT2D eigenvalue weighted by molar-refractivity contribution is 7.93. The molecule has 3 fully saturated rings. The molecule has 2 bridgehead atoms. The second kappa shape index (κ2) is 4.97. The maximum absolute atomic E-state index is 13.1. The van der Waals surface area contributed by atoms with E-state index in [1.54, 1.807) is 0 Å². The molecule has 0 amide bonds. The minimum Gasteiger partial charge on any atom is -0.299 e. The number of Topliss-reactive ketones (excluding diaryl/α,β-unsaturated/α-hetero) is 1. The fourth-order valence-electron chi connectivity index (χ4n) is 4.56. The van der Waals surface area contributed by atoms with Crippen LogP contribution in [0, 0.1) is 29.1 Å². The zero-order valence-corrected chi connectivity index (χ0v) is 13.6. The van der Waals surface area contributed by atoms with Crippen molar-refractivity contribution in [2.75, 3.05) is 10.8 Å². The maximum Gasteiger partial charge on any atom is 0.417 e. The van der Waals surface area contributed by atoms with Crippen LogP contribution >= 0.6 is 0 Å². The molecule has 1 saturated heterocycles. The zero-order chi connectivity index (χ0) is 18.1. The maximum atomic E-state index is 13.1. The van der Waals surface area contributed by atoms with E-state index in [1.165, 1.54) is 12.1 Å². The fourth-order valence-corrected chi connectivity index (χ4v) is 7.07. The van der Waals surface area contributed by atoms with Gasteiger partial charge in [-0.25, -0.2) is 8.42 Å². The van der Waals surface area contributed by atoms with E-state index >= 15 is 0 Å². The Bertz CT molecular complexity index is 920. The van der Waals surface area contributed by atoms with Gasteiger partial charge in [0.05, 0.1) is 28.1 Å². The van der Waals surface area contributed by atoms with Crippen molar-refractivity contribution in [3.05, 3.63) is 29.3 Å². The number of hydrogen-bond acceptors (Lipinski definition) is 4. The summed E-state index contributed by atoms with van der Waals surface area (Å²) < 4.78 is 66.1. The highest BCUT2D eigenvalue weighted by Gasteiger charge is 2.63. The number of carbonyl (C=O) groups is 1. The lowest BCUT2D eigenvalue weighted by Crippen LogP contribution is -2.36. The SMILES string of the molecule is N#Cc1ccc(N2C[C@H]3[C@@H]4CC(=O)[C@@H](C4)[C@H]3S2(=O)=O)cc1C(F)(F)F. The Morgan fingerprint density at radius 2 is 2.00 bits per heavy atom. The number of anilines is 1. The smallest absolute Gasteiger partial charge is 0.299 e. The molecule has 2 aliphatic carbocycles. The number of halogens is 3. The Hall–Kier alpha value is -2.08. The van der Waals surface area contributed by atoms with Gasteiger partial charge in [0, 0.05) is 24.8 Å². The molecule has 9 heteroatoms. The number of nitriles is 1. The number of alkyl halides is 3. The summed E-state index contributed by atoms with van der Waals surface area (Å²) in [6, 6.07) is 4.39. The van der Waals surface area contributed by atoms with Crippen LogP contribution in [0.4, 0.5) is 18.9 Å². The van der Waals surface area contributed by atoms with E-state index in [1.807, 2.05) is 0 Å². The molecule has 5 nitrogen and oxygen atoms in total. The minimum atomic E-state index is -4.75. The molecule has 1 aromatic carbocycles. The minimum absolute atomic E-state index is 0.0113. The molecule has 25 heavy (non-hydrogen) atoms. The van der Waals surface area contributed by atoms with Crippen LogP contribution in [-0.4, -0.2) is 26.0 Å². The van der Waals surface area contributed by atoms with E-state index in [4.69, 9.17) is 5.26 Å². The first kappa shape index (κ1) is 16.4. The summed E-state index contributed by atoms with van der Waals surface area (Å²) in [5, 5.41) is 8.03. The number of fused-ring (bicyclic) bond motifs is 5. The number of benzene rings is 1. The van der Waals surface area contributed by atoms with Gasteiger partial charge in [0.25, 0.3) is 0 Å². The normalized spacial score (nSPS) is 32.7. The van der Waals surface area contributed by atoms with Gasteiger partial charge in [0.2, 0.25) is 10.0 Å². The highest BCUT2D eigenvalue weighted by Crippen LogP contribution is 2.54. The van der Waals surface area contributed by atoms with Gasteiger partial charge in [-0.15, -0.1) is 0 Å². The number of carbonyl (C=O) groups excluding carboxylic acids is 1. The van der Waals surface area contributed by atoms with Gasteiger partial charge in [0.1, 0.15) is 5.78 Å². The predicted molar refractivity (Wildman–Crippen MR) is 80.9 cm³/mol. The first-order valence-corrected chi connectivity index (χ1v) is 9.30. The number of hydrogen-bond donors (Lipinski definition) is 0. The molecule has 132 valence electrons. The van der Waals surface area contributed by atoms with Crippen LogP contribution in [0.2, 0.25) is 0 Å². The van der Waals surface area contributed by atoms with Crippen LogP contribution in [0.25, 0.3) is 0 Å². The van der Waals surface area contributed by atoms with Crippen molar-refractivity contribution < 1.29 is 26.4 Å². The van der Waals surface area contributed by atoms with E-state index < -0.39 is 38.5 Å². The molecule has 0 aromatic heterocycles. The highest BCUT2D eigenvalue weighted by atomic mass is 32.2. The Morgan fingerprint density at radius 1 is 1.28 bits per heavy atom. The van der Waals surface area contributed by atoms with E-state index in [9.17, 15) is 26.4 Å². The number of ketones is 1. The molecular weight excluding hydrogens is 357 g/mol. The van der Waals surface area contributed by atoms with Crippen molar-refractivity contribution in [3.8, 4) is 6.07 Å². The topological polar surface area (TPSA) is 78.2 Å². The first-order chi connectivity index (χ1) is 11.6. The molecule has 2 saturated carbocycles. The van der Waals surface area contributed by atoms with Gasteiger partial charge in [-0.3, -0.25) is 9.10 Å². The van der Waals surface area contributed by atoms with Crippen LogP contribution in [0.15, 0.2) is 18.2 Å². The van der Waals surface area contributed by atoms with Gasteiger partial charge in [-0.05, 0) is 30.5 Å². The summed E-state index contributed by atoms with van der Waals surface area (Å²) in [6.45, 7) is 0.0879. The summed E-state index contributed by atoms with van der Waals surface area (Å²) in [4.78, 5) is 11.9. The molecule has 3 aliphatic rings. The fraction of sp³-hybridized carbons (Fsp3) is 0.500. The average molecular weight is 370 g/mol. The number of sulfonamides is 1. The van der Waals surface area contributed by atoms with Gasteiger partial charge < -0.3 is 0 Å². The molecule has 1 aromatic rings. The Morgan fingerprint density at radius 3 is 2.64 bits per heavy atom. The molecule has 0 unspecified atom stereocenters. The number of nitrogens with zero attached hydrogens (tertiary/aromatic N) is 2. The van der Waals surface area contributed by atoms with Crippen molar-refractivity contribution >= 4 is 21.5 Å². The molecule has 1 heterocycles. The predicted octanol–water partition coefficient (Wildman–Crippen LogP) is 2.32. The van der Waals surface area contributed by atoms with E-state index in [0.29, 0.717) is 18.9 Å². The van der Waals surface area contributed by atoms with Crippen molar-refractivity contribution in [1.82, 2.24) is 0 Å². The first-order valence-electron chi connectivity index (χ1n) is 7.80. The Kier molecular flexibility index (Phi) is 3.26. The third kappa shape index (κ3) is 2.20. The largest absolute Gasteiger partial charge is 0.417 e. The van der Waals surface area contributed by atoms with Crippen LogP contribution < -0.4 is 4.31 Å². The molecule has 0 N–H and O–H groups in total. The third-order valence-corrected chi connectivity index (χ3v) is 7.94. The quantitative estimate of drug-likeness (QED) is 0.760. The van der Waals surface area contributed by atoms with E-state index in [2.05, 4.69) is 0 Å². The lowest BCUT2D eigenvalue weighted by atomic mass is 9.87. The van der Waals surface area contributed by atoms with Crippen molar-refractivity contribution in [1.29, 1.82) is 5.26 Å². The lowest BCUT2D eigenvalue weighted by Gasteiger charge is -2.22. The van der Waals surface area contributed by atoms with Crippen LogP contribution in [0.5, 0.6) is 0 Å². The van der Waals surface area contributed by atoms with Gasteiger partial charge >= 0.3 is 6.18 Å². The third-order valence-electron chi connectivity index (χ3n) is 5.60. The van der Waals surface area contributed by atoms with Crippen molar-refractivity contribution in [2.45, 2.75) is 24.3 Å². The molecular formula is C16H13F3N2O3S. The molecule has 0 radical (unpaired) electrons. The van der Waals surface area contributed by atoms with Gasteiger partial charge in [0.15, 0.2) is 0 Å². The monoisotopic (exact) mass is 370 g/mol. The standard InChI is InChI=1S/C16H13F3N2O3S/c17-16(18,19)13-5-10(2-1-8(13)6-20)21-7-12-9-3-11(14(22)4-9)15(12)25(21,23)24/h1-2,5,9,11-12,15H,3-4,7H2/t9-,11+,12-,15+/m0/s1. The number of rotatable bonds is 1. The average Bonchev–Trinajstić information content (AvgIpc) is 3.15. The van der Waals surface area contributed by atoms with Gasteiger partial charge in [-0.1, -0.05) is 0 Å². The molecule has 4 atom stereocenters.